The van der Waals surface area contributed by atoms with Crippen LogP contribution in [0.15, 0.2) is 53.9 Å². The van der Waals surface area contributed by atoms with Gasteiger partial charge in [0.05, 0.1) is 38.4 Å². The number of carbonyl (C=O) groups is 2. The number of para-hydroxylation sites is 1. The molecular formula is C22H24ClN3O5. The monoisotopic (exact) mass is 445 g/mol. The van der Waals surface area contributed by atoms with Crippen LogP contribution in [0.5, 0.6) is 5.75 Å². The molecule has 1 aromatic heterocycles. The van der Waals surface area contributed by atoms with Gasteiger partial charge in [0.15, 0.2) is 0 Å². The van der Waals surface area contributed by atoms with Crippen molar-refractivity contribution in [3.8, 4) is 5.75 Å². The Kier molecular flexibility index (Phi) is 7.14. The molecule has 1 N–H and O–H groups in total. The average molecular weight is 446 g/mol. The van der Waals surface area contributed by atoms with E-state index in [4.69, 9.17) is 21.1 Å². The Bertz CT molecular complexity index is 993. The molecule has 164 valence electrons. The number of methoxy groups -OCH3 is 2. The largest absolute Gasteiger partial charge is 0.496 e. The quantitative estimate of drug-likeness (QED) is 0.622. The Morgan fingerprint density at radius 1 is 1.23 bits per heavy atom. The zero-order valence-corrected chi connectivity index (χ0v) is 18.3. The first-order valence-electron chi connectivity index (χ1n) is 9.63. The number of amides is 2. The number of carboxylic acids is 1. The minimum atomic E-state index is -1.11. The van der Waals surface area contributed by atoms with Gasteiger partial charge >= 0.3 is 12.0 Å². The van der Waals surface area contributed by atoms with Crippen molar-refractivity contribution in [1.82, 2.24) is 14.8 Å². The van der Waals surface area contributed by atoms with Gasteiger partial charge in [-0.05, 0) is 24.6 Å². The molecule has 0 spiro atoms. The summed E-state index contributed by atoms with van der Waals surface area (Å²) in [7, 11) is 3.08. The van der Waals surface area contributed by atoms with E-state index in [9.17, 15) is 14.7 Å². The highest BCUT2D eigenvalue weighted by atomic mass is 35.5. The lowest BCUT2D eigenvalue weighted by Crippen LogP contribution is -2.51. The Hall–Kier alpha value is -3.10. The number of hydrogen-bond acceptors (Lipinski definition) is 5. The Morgan fingerprint density at radius 2 is 1.97 bits per heavy atom. The predicted octanol–water partition coefficient (Wildman–Crippen LogP) is 3.73. The van der Waals surface area contributed by atoms with Crippen molar-refractivity contribution in [2.75, 3.05) is 27.4 Å². The molecule has 31 heavy (non-hydrogen) atoms. The smallest absolute Gasteiger partial charge is 0.335 e. The van der Waals surface area contributed by atoms with Gasteiger partial charge in [0.2, 0.25) is 0 Å². The molecule has 1 aliphatic heterocycles. The van der Waals surface area contributed by atoms with E-state index in [2.05, 4.69) is 4.98 Å². The number of hydrogen-bond donors (Lipinski definition) is 1. The van der Waals surface area contributed by atoms with Gasteiger partial charge in [-0.15, -0.1) is 0 Å². The van der Waals surface area contributed by atoms with Crippen LogP contribution in [0.1, 0.15) is 24.1 Å². The fraction of sp³-hybridized carbons (Fsp3) is 0.318. The van der Waals surface area contributed by atoms with Crippen LogP contribution in [0.25, 0.3) is 0 Å². The summed E-state index contributed by atoms with van der Waals surface area (Å²) in [6.45, 7) is 2.27. The number of urea groups is 1. The van der Waals surface area contributed by atoms with Crippen molar-refractivity contribution in [3.63, 3.8) is 0 Å². The van der Waals surface area contributed by atoms with Gasteiger partial charge in [-0.2, -0.15) is 0 Å². The Morgan fingerprint density at radius 3 is 2.58 bits per heavy atom. The van der Waals surface area contributed by atoms with E-state index in [1.165, 1.54) is 23.1 Å². The predicted molar refractivity (Wildman–Crippen MR) is 115 cm³/mol. The Labute approximate surface area is 185 Å². The minimum absolute atomic E-state index is 0.0923. The van der Waals surface area contributed by atoms with Gasteiger partial charge in [-0.3, -0.25) is 4.90 Å². The molecule has 0 saturated heterocycles. The van der Waals surface area contributed by atoms with Crippen LogP contribution in [0.2, 0.25) is 5.15 Å². The number of pyridine rings is 1. The van der Waals surface area contributed by atoms with Crippen molar-refractivity contribution in [2.24, 2.45) is 0 Å². The first-order valence-corrected chi connectivity index (χ1v) is 10.0. The molecule has 1 atom stereocenters. The van der Waals surface area contributed by atoms with Gasteiger partial charge < -0.3 is 19.5 Å². The number of benzene rings is 1. The number of carbonyl (C=O) groups excluding carboxylic acids is 1. The molecule has 9 heteroatoms. The molecule has 8 nitrogen and oxygen atoms in total. The lowest BCUT2D eigenvalue weighted by Gasteiger charge is -2.42. The van der Waals surface area contributed by atoms with E-state index >= 15 is 0 Å². The lowest BCUT2D eigenvalue weighted by atomic mass is 9.93. The fourth-order valence-electron chi connectivity index (χ4n) is 3.70. The first-order chi connectivity index (χ1) is 14.9. The molecule has 2 aromatic rings. The average Bonchev–Trinajstić information content (AvgIpc) is 2.76. The third kappa shape index (κ3) is 4.65. The summed E-state index contributed by atoms with van der Waals surface area (Å²) in [4.78, 5) is 32.9. The van der Waals surface area contributed by atoms with Crippen LogP contribution in [0.3, 0.4) is 0 Å². The maximum Gasteiger partial charge on any atom is 0.335 e. The maximum absolute atomic E-state index is 13.5. The molecule has 0 aliphatic carbocycles. The minimum Gasteiger partial charge on any atom is -0.496 e. The first kappa shape index (κ1) is 22.6. The molecule has 1 unspecified atom stereocenters. The van der Waals surface area contributed by atoms with Gasteiger partial charge in [0.1, 0.15) is 10.9 Å². The number of ether oxygens (including phenoxy) is 2. The summed E-state index contributed by atoms with van der Waals surface area (Å²) in [5, 5.41) is 10.4. The summed E-state index contributed by atoms with van der Waals surface area (Å²) < 4.78 is 10.6. The van der Waals surface area contributed by atoms with Crippen LogP contribution in [0.4, 0.5) is 4.79 Å². The van der Waals surface area contributed by atoms with E-state index in [-0.39, 0.29) is 36.5 Å². The zero-order valence-electron chi connectivity index (χ0n) is 17.5. The number of carboxylic acid groups (broad SMARTS) is 1. The summed E-state index contributed by atoms with van der Waals surface area (Å²) >= 11 is 5.93. The summed E-state index contributed by atoms with van der Waals surface area (Å²) in [6, 6.07) is 9.40. The summed E-state index contributed by atoms with van der Waals surface area (Å²) in [5.41, 5.74) is 1.76. The topological polar surface area (TPSA) is 92.2 Å². The summed E-state index contributed by atoms with van der Waals surface area (Å²) in [5.74, 6) is -0.507. The molecule has 3 rings (SSSR count). The third-order valence-corrected chi connectivity index (χ3v) is 5.43. The highest BCUT2D eigenvalue weighted by Gasteiger charge is 2.42. The van der Waals surface area contributed by atoms with Crippen LogP contribution >= 0.6 is 11.6 Å². The van der Waals surface area contributed by atoms with Gasteiger partial charge in [0.25, 0.3) is 0 Å². The standard InChI is InChI=1S/C22H24ClN3O5/c1-14-19(21(27)28)20(15-8-9-18(23)24-12-15)26(22(29)25(14)10-11-30-2)13-16-6-4-5-7-17(16)31-3/h4-9,12,20H,10-11,13H2,1-3H3,(H,27,28). The normalized spacial score (nSPS) is 16.6. The fourth-order valence-corrected chi connectivity index (χ4v) is 3.81. The Balaban J connectivity index is 2.16. The van der Waals surface area contributed by atoms with Gasteiger partial charge in [-0.1, -0.05) is 35.9 Å². The molecule has 0 saturated carbocycles. The summed E-state index contributed by atoms with van der Waals surface area (Å²) in [6.07, 6.45) is 1.50. The molecule has 0 fully saturated rings. The second kappa shape index (κ2) is 9.80. The van der Waals surface area contributed by atoms with Crippen LogP contribution in [-0.2, 0) is 16.1 Å². The molecule has 2 heterocycles. The lowest BCUT2D eigenvalue weighted by molar-refractivity contribution is -0.133. The number of halogens is 1. The van der Waals surface area contributed by atoms with Crippen molar-refractivity contribution in [1.29, 1.82) is 0 Å². The number of aliphatic carboxylic acids is 1. The van der Waals surface area contributed by atoms with Gasteiger partial charge in [-0.25, -0.2) is 14.6 Å². The van der Waals surface area contributed by atoms with Crippen molar-refractivity contribution in [3.05, 3.63) is 70.1 Å². The number of rotatable bonds is 8. The van der Waals surface area contributed by atoms with E-state index in [0.29, 0.717) is 17.0 Å². The maximum atomic E-state index is 13.5. The SMILES string of the molecule is COCCN1C(=O)N(Cc2ccccc2OC)C(c2ccc(Cl)nc2)C(C(=O)O)=C1C. The second-order valence-electron chi connectivity index (χ2n) is 6.99. The number of allylic oxidation sites excluding steroid dienone is 1. The molecule has 0 radical (unpaired) electrons. The van der Waals surface area contributed by atoms with Crippen LogP contribution in [-0.4, -0.2) is 59.3 Å². The van der Waals surface area contributed by atoms with E-state index in [1.807, 2.05) is 18.2 Å². The van der Waals surface area contributed by atoms with E-state index < -0.39 is 12.0 Å². The number of aromatic nitrogens is 1. The van der Waals surface area contributed by atoms with Crippen molar-refractivity contribution in [2.45, 2.75) is 19.5 Å². The van der Waals surface area contributed by atoms with E-state index in [0.717, 1.165) is 5.56 Å². The highest BCUT2D eigenvalue weighted by Crippen LogP contribution is 2.39. The third-order valence-electron chi connectivity index (χ3n) is 5.21. The van der Waals surface area contributed by atoms with Crippen molar-refractivity contribution < 1.29 is 24.2 Å². The molecule has 1 aromatic carbocycles. The number of nitrogens with zero attached hydrogens (tertiary/aromatic N) is 3. The highest BCUT2D eigenvalue weighted by molar-refractivity contribution is 6.29. The molecular weight excluding hydrogens is 422 g/mol. The second-order valence-corrected chi connectivity index (χ2v) is 7.38. The van der Waals surface area contributed by atoms with E-state index in [1.54, 1.807) is 32.2 Å². The molecule has 0 bridgehead atoms. The van der Waals surface area contributed by atoms with Crippen molar-refractivity contribution >= 4 is 23.6 Å². The molecule has 2 amide bonds. The zero-order chi connectivity index (χ0) is 22.5. The van der Waals surface area contributed by atoms with Gasteiger partial charge in [0, 0.05) is 24.6 Å². The van der Waals surface area contributed by atoms with Crippen LogP contribution < -0.4 is 4.74 Å². The molecule has 1 aliphatic rings. The van der Waals surface area contributed by atoms with Crippen LogP contribution in [0, 0.1) is 0 Å².